The molecule has 0 fully saturated rings. The molecule has 0 saturated carbocycles. The quantitative estimate of drug-likeness (QED) is 0.178. The maximum Gasteiger partial charge on any atom is 0.251 e. The van der Waals surface area contributed by atoms with Crippen LogP contribution in [-0.4, -0.2) is 48.4 Å². The first kappa shape index (κ1) is 29.6. The van der Waals surface area contributed by atoms with Crippen LogP contribution in [0.3, 0.4) is 0 Å². The minimum atomic E-state index is -0.881. The number of ketones is 2. The van der Waals surface area contributed by atoms with Crippen LogP contribution in [-0.2, 0) is 11.2 Å². The van der Waals surface area contributed by atoms with E-state index in [9.17, 15) is 24.0 Å². The van der Waals surface area contributed by atoms with Crippen LogP contribution < -0.4 is 16.0 Å². The van der Waals surface area contributed by atoms with E-state index in [0.717, 1.165) is 5.56 Å². The summed E-state index contributed by atoms with van der Waals surface area (Å²) in [5, 5.41) is 8.29. The third-order valence-corrected chi connectivity index (χ3v) is 6.59. The minimum absolute atomic E-state index is 0.133. The Morgan fingerprint density at radius 3 is 1.79 bits per heavy atom. The summed E-state index contributed by atoms with van der Waals surface area (Å²) in [6.45, 7) is 1.71. The van der Waals surface area contributed by atoms with E-state index in [2.05, 4.69) is 16.0 Å². The highest BCUT2D eigenvalue weighted by Crippen LogP contribution is 2.12. The van der Waals surface area contributed by atoms with E-state index in [1.807, 2.05) is 36.4 Å². The topological polar surface area (TPSA) is 121 Å². The van der Waals surface area contributed by atoms with E-state index in [4.69, 9.17) is 0 Å². The summed E-state index contributed by atoms with van der Waals surface area (Å²) in [6.07, 6.45) is 0.257. The molecule has 8 heteroatoms. The average molecular weight is 562 g/mol. The highest BCUT2D eigenvalue weighted by Gasteiger charge is 2.22. The van der Waals surface area contributed by atoms with Crippen molar-refractivity contribution in [2.24, 2.45) is 0 Å². The van der Waals surface area contributed by atoms with Crippen molar-refractivity contribution in [2.45, 2.75) is 19.4 Å². The predicted octanol–water partition coefficient (Wildman–Crippen LogP) is 4.01. The van der Waals surface area contributed by atoms with Gasteiger partial charge in [-0.1, -0.05) is 84.9 Å². The Kier molecular flexibility index (Phi) is 10.1. The second-order valence-electron chi connectivity index (χ2n) is 9.67. The fraction of sp³-hybridized carbons (Fsp3) is 0.147. The second-order valence-corrected chi connectivity index (χ2v) is 9.67. The normalized spacial score (nSPS) is 11.2. The fourth-order valence-electron chi connectivity index (χ4n) is 4.30. The van der Waals surface area contributed by atoms with Crippen LogP contribution in [0.4, 0.5) is 0 Å². The highest BCUT2D eigenvalue weighted by atomic mass is 16.2. The van der Waals surface area contributed by atoms with E-state index < -0.39 is 17.9 Å². The first-order valence-corrected chi connectivity index (χ1v) is 13.5. The molecule has 1 atom stereocenters. The van der Waals surface area contributed by atoms with Crippen LogP contribution >= 0.6 is 0 Å². The molecule has 0 spiro atoms. The Morgan fingerprint density at radius 1 is 0.571 bits per heavy atom. The van der Waals surface area contributed by atoms with Crippen molar-refractivity contribution in [3.63, 3.8) is 0 Å². The summed E-state index contributed by atoms with van der Waals surface area (Å²) >= 11 is 0. The maximum absolute atomic E-state index is 13.1. The third kappa shape index (κ3) is 8.08. The van der Waals surface area contributed by atoms with E-state index >= 15 is 0 Å². The molecule has 3 N–H and O–H groups in total. The van der Waals surface area contributed by atoms with Gasteiger partial charge in [0.2, 0.25) is 5.91 Å². The third-order valence-electron chi connectivity index (χ3n) is 6.59. The zero-order valence-electron chi connectivity index (χ0n) is 23.1. The molecule has 0 radical (unpaired) electrons. The summed E-state index contributed by atoms with van der Waals surface area (Å²) in [7, 11) is 0. The number of amides is 3. The standard InChI is InChI=1S/C34H31N3O5/c1-23(38)28-13-8-14-29(22-28)32(40)35-19-20-36-34(42)30(21-24-9-4-2-5-10-24)37-33(41)27-17-15-26(16-18-27)31(39)25-11-6-3-7-12-25/h2-18,22,30H,19-21H2,1H3,(H,35,40)(H,36,42)(H,37,41)/t30-/m0/s1. The predicted molar refractivity (Wildman–Crippen MR) is 160 cm³/mol. The van der Waals surface area contributed by atoms with Gasteiger partial charge in [0.05, 0.1) is 0 Å². The Labute approximate surface area is 244 Å². The molecule has 8 nitrogen and oxygen atoms in total. The van der Waals surface area contributed by atoms with Crippen LogP contribution in [0, 0.1) is 0 Å². The van der Waals surface area contributed by atoms with Gasteiger partial charge in [-0.15, -0.1) is 0 Å². The molecule has 4 rings (SSSR count). The fourth-order valence-corrected chi connectivity index (χ4v) is 4.30. The molecule has 42 heavy (non-hydrogen) atoms. The van der Waals surface area contributed by atoms with Crippen molar-refractivity contribution in [2.75, 3.05) is 13.1 Å². The summed E-state index contributed by atoms with van der Waals surface area (Å²) in [5.74, 6) is -1.52. The number of carbonyl (C=O) groups is 5. The number of hydrogen-bond donors (Lipinski definition) is 3. The summed E-state index contributed by atoms with van der Waals surface area (Å²) < 4.78 is 0. The lowest BCUT2D eigenvalue weighted by molar-refractivity contribution is -0.122. The molecule has 4 aromatic carbocycles. The van der Waals surface area contributed by atoms with Gasteiger partial charge in [-0.25, -0.2) is 0 Å². The Morgan fingerprint density at radius 2 is 1.12 bits per heavy atom. The molecule has 212 valence electrons. The number of rotatable bonds is 12. The van der Waals surface area contributed by atoms with Crippen molar-refractivity contribution in [3.05, 3.63) is 143 Å². The lowest BCUT2D eigenvalue weighted by Crippen LogP contribution is -2.49. The molecular weight excluding hydrogens is 530 g/mol. The largest absolute Gasteiger partial charge is 0.353 e. The van der Waals surface area contributed by atoms with Gasteiger partial charge in [0, 0.05) is 47.3 Å². The Hall–Kier alpha value is -5.37. The molecule has 0 aromatic heterocycles. The SMILES string of the molecule is CC(=O)c1cccc(C(=O)NCCNC(=O)[C@H](Cc2ccccc2)NC(=O)c2ccc(C(=O)c3ccccc3)cc2)c1. The average Bonchev–Trinajstić information content (AvgIpc) is 3.03. The van der Waals surface area contributed by atoms with Crippen LogP contribution in [0.5, 0.6) is 0 Å². The molecule has 0 saturated heterocycles. The van der Waals surface area contributed by atoms with E-state index in [-0.39, 0.29) is 37.0 Å². The van der Waals surface area contributed by atoms with Crippen molar-refractivity contribution in [1.82, 2.24) is 16.0 Å². The summed E-state index contributed by atoms with van der Waals surface area (Å²) in [6, 6.07) is 30.0. The summed E-state index contributed by atoms with van der Waals surface area (Å²) in [4.78, 5) is 63.0. The van der Waals surface area contributed by atoms with Crippen molar-refractivity contribution in [3.8, 4) is 0 Å². The van der Waals surface area contributed by atoms with Gasteiger partial charge in [-0.3, -0.25) is 24.0 Å². The molecule has 0 heterocycles. The van der Waals surface area contributed by atoms with Gasteiger partial charge in [-0.05, 0) is 36.8 Å². The van der Waals surface area contributed by atoms with Gasteiger partial charge < -0.3 is 16.0 Å². The molecule has 3 amide bonds. The van der Waals surface area contributed by atoms with Crippen LogP contribution in [0.15, 0.2) is 109 Å². The van der Waals surface area contributed by atoms with Gasteiger partial charge >= 0.3 is 0 Å². The van der Waals surface area contributed by atoms with Gasteiger partial charge in [0.1, 0.15) is 6.04 Å². The van der Waals surface area contributed by atoms with Crippen LogP contribution in [0.1, 0.15) is 59.5 Å². The Bertz CT molecular complexity index is 1570. The van der Waals surface area contributed by atoms with Crippen LogP contribution in [0.2, 0.25) is 0 Å². The number of carbonyl (C=O) groups excluding carboxylic acids is 5. The number of benzene rings is 4. The van der Waals surface area contributed by atoms with Crippen molar-refractivity contribution < 1.29 is 24.0 Å². The minimum Gasteiger partial charge on any atom is -0.353 e. The molecule has 0 unspecified atom stereocenters. The molecule has 0 aliphatic carbocycles. The second kappa shape index (κ2) is 14.3. The smallest absolute Gasteiger partial charge is 0.251 e. The first-order chi connectivity index (χ1) is 20.3. The molecule has 4 aromatic rings. The Balaban J connectivity index is 1.36. The molecular formula is C34H31N3O5. The van der Waals surface area contributed by atoms with E-state index in [0.29, 0.717) is 27.8 Å². The zero-order chi connectivity index (χ0) is 29.9. The van der Waals surface area contributed by atoms with E-state index in [1.54, 1.807) is 66.7 Å². The first-order valence-electron chi connectivity index (χ1n) is 13.5. The zero-order valence-corrected chi connectivity index (χ0v) is 23.1. The molecule has 0 aliphatic heterocycles. The number of Topliss-reactive ketones (excluding diaryl/α,β-unsaturated/α-hetero) is 1. The number of nitrogens with one attached hydrogen (secondary N) is 3. The van der Waals surface area contributed by atoms with Gasteiger partial charge in [0.25, 0.3) is 11.8 Å². The van der Waals surface area contributed by atoms with Crippen LogP contribution in [0.25, 0.3) is 0 Å². The maximum atomic E-state index is 13.1. The van der Waals surface area contributed by atoms with E-state index in [1.165, 1.54) is 13.0 Å². The van der Waals surface area contributed by atoms with Gasteiger partial charge in [0.15, 0.2) is 11.6 Å². The monoisotopic (exact) mass is 561 g/mol. The summed E-state index contributed by atoms with van der Waals surface area (Å²) in [5.41, 5.74) is 2.96. The highest BCUT2D eigenvalue weighted by molar-refractivity contribution is 6.09. The molecule has 0 aliphatic rings. The van der Waals surface area contributed by atoms with Crippen molar-refractivity contribution in [1.29, 1.82) is 0 Å². The van der Waals surface area contributed by atoms with Gasteiger partial charge in [-0.2, -0.15) is 0 Å². The lowest BCUT2D eigenvalue weighted by Gasteiger charge is -2.19. The lowest BCUT2D eigenvalue weighted by atomic mass is 10.0. The molecule has 0 bridgehead atoms. The number of hydrogen-bond acceptors (Lipinski definition) is 5. The van der Waals surface area contributed by atoms with Crippen molar-refractivity contribution >= 4 is 29.3 Å².